The largest absolute Gasteiger partial charge is 0.436 e. The van der Waals surface area contributed by atoms with Gasteiger partial charge in [0.15, 0.2) is 5.58 Å². The zero-order valence-electron chi connectivity index (χ0n) is 10.1. The van der Waals surface area contributed by atoms with E-state index < -0.39 is 0 Å². The molecule has 0 aliphatic carbocycles. The minimum Gasteiger partial charge on any atom is -0.436 e. The Morgan fingerprint density at radius 2 is 1.84 bits per heavy atom. The first-order valence-corrected chi connectivity index (χ1v) is 6.43. The molecule has 1 heterocycles. The molecule has 5 heteroatoms. The minimum atomic E-state index is 0.373. The standard InChI is InChI=1S/C14H10Cl2N2O/c1-7-2-5-10-11(6-7)19-14(18-10)12-8(15)3-4-9(16)13(12)17/h2-6H,17H2,1H3. The Morgan fingerprint density at radius 1 is 1.11 bits per heavy atom. The molecule has 0 aliphatic heterocycles. The second-order valence-corrected chi connectivity index (χ2v) is 5.12. The van der Waals surface area contributed by atoms with E-state index in [0.717, 1.165) is 11.1 Å². The molecule has 96 valence electrons. The lowest BCUT2D eigenvalue weighted by Crippen LogP contribution is -1.92. The van der Waals surface area contributed by atoms with Crippen molar-refractivity contribution in [3.05, 3.63) is 45.9 Å². The summed E-state index contributed by atoms with van der Waals surface area (Å²) in [5.41, 5.74) is 9.41. The van der Waals surface area contributed by atoms with Gasteiger partial charge in [-0.3, -0.25) is 0 Å². The highest BCUT2D eigenvalue weighted by molar-refractivity contribution is 6.37. The molecule has 19 heavy (non-hydrogen) atoms. The second-order valence-electron chi connectivity index (χ2n) is 4.31. The molecule has 0 unspecified atom stereocenters. The van der Waals surface area contributed by atoms with Crippen LogP contribution in [0.3, 0.4) is 0 Å². The molecule has 0 saturated heterocycles. The van der Waals surface area contributed by atoms with Gasteiger partial charge in [0.2, 0.25) is 5.89 Å². The van der Waals surface area contributed by atoms with Crippen LogP contribution in [0.5, 0.6) is 0 Å². The summed E-state index contributed by atoms with van der Waals surface area (Å²) in [4.78, 5) is 4.40. The third-order valence-electron chi connectivity index (χ3n) is 2.90. The lowest BCUT2D eigenvalue weighted by atomic mass is 10.2. The van der Waals surface area contributed by atoms with Crippen LogP contribution in [0.1, 0.15) is 5.56 Å². The van der Waals surface area contributed by atoms with Crippen LogP contribution in [0.25, 0.3) is 22.6 Å². The summed E-state index contributed by atoms with van der Waals surface area (Å²) >= 11 is 12.2. The van der Waals surface area contributed by atoms with E-state index in [0.29, 0.717) is 32.8 Å². The number of hydrogen-bond acceptors (Lipinski definition) is 3. The van der Waals surface area contributed by atoms with Gasteiger partial charge in [-0.1, -0.05) is 29.3 Å². The molecule has 0 atom stereocenters. The van der Waals surface area contributed by atoms with Crippen LogP contribution in [-0.2, 0) is 0 Å². The van der Waals surface area contributed by atoms with Gasteiger partial charge in [-0.25, -0.2) is 4.98 Å². The van der Waals surface area contributed by atoms with Gasteiger partial charge in [0.1, 0.15) is 5.52 Å². The molecule has 0 amide bonds. The number of nitrogens with zero attached hydrogens (tertiary/aromatic N) is 1. The zero-order valence-corrected chi connectivity index (χ0v) is 11.6. The maximum atomic E-state index is 6.16. The highest BCUT2D eigenvalue weighted by Crippen LogP contribution is 2.38. The number of benzene rings is 2. The quantitative estimate of drug-likeness (QED) is 0.662. The summed E-state index contributed by atoms with van der Waals surface area (Å²) in [5, 5.41) is 0.892. The van der Waals surface area contributed by atoms with E-state index in [1.165, 1.54) is 0 Å². The fourth-order valence-electron chi connectivity index (χ4n) is 1.92. The van der Waals surface area contributed by atoms with Crippen LogP contribution < -0.4 is 5.73 Å². The van der Waals surface area contributed by atoms with Crippen molar-refractivity contribution in [2.24, 2.45) is 0 Å². The Morgan fingerprint density at radius 3 is 2.63 bits per heavy atom. The SMILES string of the molecule is Cc1ccc2nc(-c3c(Cl)ccc(Cl)c3N)oc2c1. The van der Waals surface area contributed by atoms with Crippen molar-refractivity contribution in [3.63, 3.8) is 0 Å². The molecular weight excluding hydrogens is 283 g/mol. The number of aryl methyl sites for hydroxylation is 1. The molecule has 0 fully saturated rings. The summed E-state index contributed by atoms with van der Waals surface area (Å²) in [6.07, 6.45) is 0. The number of nitrogens with two attached hydrogens (primary N) is 1. The van der Waals surface area contributed by atoms with E-state index in [1.807, 2.05) is 25.1 Å². The third-order valence-corrected chi connectivity index (χ3v) is 3.54. The number of anilines is 1. The van der Waals surface area contributed by atoms with Crippen LogP contribution >= 0.6 is 23.2 Å². The molecule has 3 rings (SSSR count). The number of hydrogen-bond donors (Lipinski definition) is 1. The normalized spacial score (nSPS) is 11.1. The van der Waals surface area contributed by atoms with E-state index in [4.69, 9.17) is 33.4 Å². The Bertz CT molecular complexity index is 780. The Hall–Kier alpha value is -1.71. The number of nitrogen functional groups attached to an aromatic ring is 1. The fourth-order valence-corrected chi connectivity index (χ4v) is 2.33. The van der Waals surface area contributed by atoms with Gasteiger partial charge in [-0.05, 0) is 36.8 Å². The maximum absolute atomic E-state index is 6.16. The molecule has 0 radical (unpaired) electrons. The van der Waals surface area contributed by atoms with Gasteiger partial charge >= 0.3 is 0 Å². The first kappa shape index (κ1) is 12.3. The highest BCUT2D eigenvalue weighted by atomic mass is 35.5. The summed E-state index contributed by atoms with van der Waals surface area (Å²) in [6, 6.07) is 9.11. The van der Waals surface area contributed by atoms with E-state index in [1.54, 1.807) is 12.1 Å². The van der Waals surface area contributed by atoms with Crippen molar-refractivity contribution < 1.29 is 4.42 Å². The van der Waals surface area contributed by atoms with E-state index in [-0.39, 0.29) is 0 Å². The number of fused-ring (bicyclic) bond motifs is 1. The highest BCUT2D eigenvalue weighted by Gasteiger charge is 2.16. The number of aromatic nitrogens is 1. The first-order chi connectivity index (χ1) is 9.06. The molecule has 2 aromatic carbocycles. The maximum Gasteiger partial charge on any atom is 0.230 e. The smallest absolute Gasteiger partial charge is 0.230 e. The zero-order chi connectivity index (χ0) is 13.6. The number of rotatable bonds is 1. The molecule has 0 bridgehead atoms. The average molecular weight is 293 g/mol. The molecule has 3 nitrogen and oxygen atoms in total. The van der Waals surface area contributed by atoms with Crippen LogP contribution in [-0.4, -0.2) is 4.98 Å². The second kappa shape index (κ2) is 4.44. The van der Waals surface area contributed by atoms with E-state index in [9.17, 15) is 0 Å². The van der Waals surface area contributed by atoms with Gasteiger partial charge < -0.3 is 10.2 Å². The van der Waals surface area contributed by atoms with Crippen molar-refractivity contribution >= 4 is 40.0 Å². The Balaban J connectivity index is 2.27. The lowest BCUT2D eigenvalue weighted by molar-refractivity contribution is 0.620. The monoisotopic (exact) mass is 292 g/mol. The summed E-state index contributed by atoms with van der Waals surface area (Å²) < 4.78 is 5.72. The first-order valence-electron chi connectivity index (χ1n) is 5.67. The van der Waals surface area contributed by atoms with Crippen molar-refractivity contribution in [1.82, 2.24) is 4.98 Å². The van der Waals surface area contributed by atoms with Crippen molar-refractivity contribution in [2.75, 3.05) is 5.73 Å². The van der Waals surface area contributed by atoms with Crippen LogP contribution in [0, 0.1) is 6.92 Å². The van der Waals surface area contributed by atoms with Crippen molar-refractivity contribution in [1.29, 1.82) is 0 Å². The van der Waals surface area contributed by atoms with Gasteiger partial charge in [-0.15, -0.1) is 0 Å². The number of halogens is 2. The molecule has 0 aliphatic rings. The lowest BCUT2D eigenvalue weighted by Gasteiger charge is -2.05. The van der Waals surface area contributed by atoms with Crippen LogP contribution in [0.2, 0.25) is 10.0 Å². The number of oxazole rings is 1. The topological polar surface area (TPSA) is 52.0 Å². The minimum absolute atomic E-state index is 0.373. The van der Waals surface area contributed by atoms with Crippen LogP contribution in [0.15, 0.2) is 34.7 Å². The summed E-state index contributed by atoms with van der Waals surface area (Å²) in [5.74, 6) is 0.380. The Labute approximate surface area is 119 Å². The predicted octanol–water partition coefficient (Wildman–Crippen LogP) is 4.69. The molecule has 0 saturated carbocycles. The van der Waals surface area contributed by atoms with Crippen molar-refractivity contribution in [2.45, 2.75) is 6.92 Å². The molecular formula is C14H10Cl2N2O. The third kappa shape index (κ3) is 2.05. The molecule has 0 spiro atoms. The summed E-state index contributed by atoms with van der Waals surface area (Å²) in [6.45, 7) is 1.99. The van der Waals surface area contributed by atoms with Crippen LogP contribution in [0.4, 0.5) is 5.69 Å². The van der Waals surface area contributed by atoms with E-state index in [2.05, 4.69) is 4.98 Å². The van der Waals surface area contributed by atoms with Crippen molar-refractivity contribution in [3.8, 4) is 11.5 Å². The Kier molecular flexibility index (Phi) is 2.88. The predicted molar refractivity (Wildman–Crippen MR) is 78.6 cm³/mol. The molecule has 3 aromatic rings. The van der Waals surface area contributed by atoms with Gasteiger partial charge in [0.25, 0.3) is 0 Å². The van der Waals surface area contributed by atoms with Gasteiger partial charge in [0.05, 0.1) is 21.3 Å². The molecule has 1 aromatic heterocycles. The van der Waals surface area contributed by atoms with Gasteiger partial charge in [-0.2, -0.15) is 0 Å². The van der Waals surface area contributed by atoms with Gasteiger partial charge in [0, 0.05) is 0 Å². The fraction of sp³-hybridized carbons (Fsp3) is 0.0714. The molecule has 2 N–H and O–H groups in total. The van der Waals surface area contributed by atoms with E-state index >= 15 is 0 Å². The average Bonchev–Trinajstić information content (AvgIpc) is 2.77. The summed E-state index contributed by atoms with van der Waals surface area (Å²) in [7, 11) is 0.